The zero-order valence-electron chi connectivity index (χ0n) is 15.4. The van der Waals surface area contributed by atoms with Gasteiger partial charge in [-0.15, -0.1) is 0 Å². The molecule has 2 aromatic carbocycles. The Hall–Kier alpha value is -3.42. The molecule has 0 aliphatic carbocycles. The second-order valence-corrected chi connectivity index (χ2v) is 6.44. The number of carbonyl (C=O) groups is 2. The van der Waals surface area contributed by atoms with Crippen LogP contribution >= 0.6 is 0 Å². The van der Waals surface area contributed by atoms with E-state index in [9.17, 15) is 9.59 Å². The Balaban J connectivity index is 1.35. The molecule has 0 unspecified atom stereocenters. The molecule has 2 N–H and O–H groups in total. The number of hydrogen-bond donors (Lipinski definition) is 2. The molecule has 0 aromatic heterocycles. The first-order valence-electron chi connectivity index (χ1n) is 9.14. The molecule has 0 bridgehead atoms. The first-order valence-corrected chi connectivity index (χ1v) is 9.14. The van der Waals surface area contributed by atoms with Gasteiger partial charge in [0.25, 0.3) is 5.91 Å². The van der Waals surface area contributed by atoms with Gasteiger partial charge in [-0.25, -0.2) is 4.79 Å². The Morgan fingerprint density at radius 1 is 1.14 bits per heavy atom. The van der Waals surface area contributed by atoms with Crippen LogP contribution in [-0.4, -0.2) is 44.3 Å². The van der Waals surface area contributed by atoms with Gasteiger partial charge in [0.2, 0.25) is 0 Å². The van der Waals surface area contributed by atoms with Crippen LogP contribution in [0.5, 0.6) is 17.2 Å². The van der Waals surface area contributed by atoms with E-state index in [1.54, 1.807) is 23.1 Å². The van der Waals surface area contributed by atoms with E-state index >= 15 is 0 Å². The van der Waals surface area contributed by atoms with Gasteiger partial charge < -0.3 is 29.7 Å². The van der Waals surface area contributed by atoms with Crippen molar-refractivity contribution < 1.29 is 23.8 Å². The zero-order chi connectivity index (χ0) is 19.5. The van der Waals surface area contributed by atoms with Crippen LogP contribution in [0.1, 0.15) is 6.92 Å². The molecule has 0 saturated carbocycles. The number of nitrogens with one attached hydrogen (secondary N) is 2. The Morgan fingerprint density at radius 3 is 2.79 bits per heavy atom. The summed E-state index contributed by atoms with van der Waals surface area (Å²) in [6, 6.07) is 12.3. The molecule has 2 aliphatic heterocycles. The van der Waals surface area contributed by atoms with Gasteiger partial charge in [-0.2, -0.15) is 0 Å². The molecular formula is C20H21N3O5. The van der Waals surface area contributed by atoms with Crippen molar-refractivity contribution in [3.8, 4) is 17.2 Å². The van der Waals surface area contributed by atoms with E-state index in [0.717, 1.165) is 0 Å². The second kappa shape index (κ2) is 7.67. The summed E-state index contributed by atoms with van der Waals surface area (Å²) in [6.45, 7) is 3.12. The van der Waals surface area contributed by atoms with E-state index in [4.69, 9.17) is 14.2 Å². The molecule has 2 aromatic rings. The van der Waals surface area contributed by atoms with Gasteiger partial charge in [-0.3, -0.25) is 4.79 Å². The predicted molar refractivity (Wildman–Crippen MR) is 103 cm³/mol. The van der Waals surface area contributed by atoms with Crippen molar-refractivity contribution in [1.82, 2.24) is 5.32 Å². The largest absolute Gasteiger partial charge is 0.486 e. The minimum absolute atomic E-state index is 0.0285. The van der Waals surface area contributed by atoms with Crippen LogP contribution in [0.15, 0.2) is 42.5 Å². The SMILES string of the molecule is CCN1C(=O)COc2ccc(NC(=O)NC[C@@H]3COc4ccccc4O3)cc21. The highest BCUT2D eigenvalue weighted by molar-refractivity contribution is 5.99. The highest BCUT2D eigenvalue weighted by Crippen LogP contribution is 2.34. The number of urea groups is 1. The van der Waals surface area contributed by atoms with E-state index in [0.29, 0.717) is 48.3 Å². The second-order valence-electron chi connectivity index (χ2n) is 6.44. The number of rotatable bonds is 4. The summed E-state index contributed by atoms with van der Waals surface area (Å²) in [5.74, 6) is 1.89. The maximum atomic E-state index is 12.3. The summed E-state index contributed by atoms with van der Waals surface area (Å²) in [5, 5.41) is 5.55. The average Bonchev–Trinajstić information content (AvgIpc) is 2.72. The summed E-state index contributed by atoms with van der Waals surface area (Å²) in [4.78, 5) is 25.8. The van der Waals surface area contributed by atoms with Gasteiger partial charge in [-0.05, 0) is 37.3 Å². The normalized spacial score (nSPS) is 17.4. The lowest BCUT2D eigenvalue weighted by Gasteiger charge is -2.29. The fourth-order valence-corrected chi connectivity index (χ4v) is 3.17. The third-order valence-electron chi connectivity index (χ3n) is 4.53. The average molecular weight is 383 g/mol. The molecule has 2 aliphatic rings. The highest BCUT2D eigenvalue weighted by atomic mass is 16.6. The van der Waals surface area contributed by atoms with Crippen LogP contribution in [0, 0.1) is 0 Å². The van der Waals surface area contributed by atoms with Gasteiger partial charge in [0.1, 0.15) is 12.4 Å². The molecule has 28 heavy (non-hydrogen) atoms. The fourth-order valence-electron chi connectivity index (χ4n) is 3.17. The van der Waals surface area contributed by atoms with Crippen LogP contribution in [0.25, 0.3) is 0 Å². The predicted octanol–water partition coefficient (Wildman–Crippen LogP) is 2.39. The Bertz CT molecular complexity index is 901. The fraction of sp³-hybridized carbons (Fsp3) is 0.300. The van der Waals surface area contributed by atoms with Crippen LogP contribution in [0.4, 0.5) is 16.2 Å². The number of anilines is 2. The van der Waals surface area contributed by atoms with Gasteiger partial charge in [0, 0.05) is 12.2 Å². The summed E-state index contributed by atoms with van der Waals surface area (Å²) < 4.78 is 16.9. The first kappa shape index (κ1) is 18.0. The molecule has 2 heterocycles. The van der Waals surface area contributed by atoms with E-state index < -0.39 is 0 Å². The van der Waals surface area contributed by atoms with Gasteiger partial charge >= 0.3 is 6.03 Å². The molecule has 0 radical (unpaired) electrons. The summed E-state index contributed by atoms with van der Waals surface area (Å²) >= 11 is 0. The third-order valence-corrected chi connectivity index (χ3v) is 4.53. The number of fused-ring (bicyclic) bond motifs is 2. The number of hydrogen-bond acceptors (Lipinski definition) is 5. The van der Waals surface area contributed by atoms with Gasteiger partial charge in [-0.1, -0.05) is 12.1 Å². The molecule has 8 heteroatoms. The van der Waals surface area contributed by atoms with Crippen molar-refractivity contribution in [2.75, 3.05) is 36.5 Å². The molecule has 3 amide bonds. The molecule has 146 valence electrons. The van der Waals surface area contributed by atoms with Crippen molar-refractivity contribution in [3.63, 3.8) is 0 Å². The van der Waals surface area contributed by atoms with Crippen LogP contribution in [-0.2, 0) is 4.79 Å². The number of carbonyl (C=O) groups excluding carboxylic acids is 2. The monoisotopic (exact) mass is 383 g/mol. The van der Waals surface area contributed by atoms with Crippen LogP contribution < -0.4 is 29.7 Å². The van der Waals surface area contributed by atoms with Crippen molar-refractivity contribution in [2.24, 2.45) is 0 Å². The van der Waals surface area contributed by atoms with Crippen LogP contribution in [0.2, 0.25) is 0 Å². The lowest BCUT2D eigenvalue weighted by Crippen LogP contribution is -2.42. The number of nitrogens with zero attached hydrogens (tertiary/aromatic N) is 1. The van der Waals surface area contributed by atoms with Crippen molar-refractivity contribution in [3.05, 3.63) is 42.5 Å². The number of likely N-dealkylation sites (N-methyl/N-ethyl adjacent to an activating group) is 1. The lowest BCUT2D eigenvalue weighted by molar-refractivity contribution is -0.121. The summed E-state index contributed by atoms with van der Waals surface area (Å²) in [5.41, 5.74) is 1.22. The molecule has 0 fully saturated rings. The maximum absolute atomic E-state index is 12.3. The maximum Gasteiger partial charge on any atom is 0.319 e. The highest BCUT2D eigenvalue weighted by Gasteiger charge is 2.25. The van der Waals surface area contributed by atoms with Gasteiger partial charge in [0.05, 0.1) is 12.2 Å². The lowest BCUT2D eigenvalue weighted by atomic mass is 10.2. The Morgan fingerprint density at radius 2 is 1.96 bits per heavy atom. The number of para-hydroxylation sites is 2. The molecular weight excluding hydrogens is 362 g/mol. The smallest absolute Gasteiger partial charge is 0.319 e. The molecule has 0 saturated heterocycles. The van der Waals surface area contributed by atoms with Crippen molar-refractivity contribution in [1.29, 1.82) is 0 Å². The van der Waals surface area contributed by atoms with Crippen LogP contribution in [0.3, 0.4) is 0 Å². The van der Waals surface area contributed by atoms with E-state index in [1.165, 1.54) is 0 Å². The minimum Gasteiger partial charge on any atom is -0.486 e. The molecule has 0 spiro atoms. The van der Waals surface area contributed by atoms with Crippen molar-refractivity contribution in [2.45, 2.75) is 13.0 Å². The number of benzene rings is 2. The summed E-state index contributed by atoms with van der Waals surface area (Å²) in [6.07, 6.45) is -0.272. The molecule has 4 rings (SSSR count). The van der Waals surface area contributed by atoms with Crippen molar-refractivity contribution >= 4 is 23.3 Å². The van der Waals surface area contributed by atoms with E-state index in [-0.39, 0.29) is 24.6 Å². The zero-order valence-corrected chi connectivity index (χ0v) is 15.4. The topological polar surface area (TPSA) is 89.1 Å². The Labute approximate surface area is 162 Å². The van der Waals surface area contributed by atoms with E-state index in [2.05, 4.69) is 10.6 Å². The third kappa shape index (κ3) is 3.66. The van der Waals surface area contributed by atoms with E-state index in [1.807, 2.05) is 31.2 Å². The number of amides is 3. The number of ether oxygens (including phenoxy) is 3. The molecule has 1 atom stereocenters. The summed E-state index contributed by atoms with van der Waals surface area (Å²) in [7, 11) is 0. The van der Waals surface area contributed by atoms with Gasteiger partial charge in [0.15, 0.2) is 24.2 Å². The molecule has 8 nitrogen and oxygen atoms in total. The minimum atomic E-state index is -0.367. The Kier molecular flexibility index (Phi) is 4.92. The first-order chi connectivity index (χ1) is 13.6. The standard InChI is InChI=1S/C20H21N3O5/c1-2-23-15-9-13(7-8-16(15)27-12-19(23)24)22-20(25)21-10-14-11-26-17-5-3-4-6-18(17)28-14/h3-9,14H,2,10-12H2,1H3,(H2,21,22,25)/t14-/m1/s1. The quantitative estimate of drug-likeness (QED) is 0.846.